The molecule has 62 valence electrons. The second-order valence-corrected chi connectivity index (χ2v) is 3.58. The molecule has 0 aliphatic heterocycles. The monoisotopic (exact) mass is 169 g/mol. The first-order chi connectivity index (χ1) is 4.45. The molecule has 0 saturated heterocycles. The van der Waals surface area contributed by atoms with Gasteiger partial charge < -0.3 is 5.11 Å². The highest BCUT2D eigenvalue weighted by Crippen LogP contribution is 1.84. The van der Waals surface area contributed by atoms with Gasteiger partial charge in [-0.15, -0.1) is 0 Å². The number of rotatable bonds is 4. The first-order valence-corrected chi connectivity index (χ1v) is 4.31. The molecule has 0 aliphatic carbocycles. The van der Waals surface area contributed by atoms with E-state index in [1.165, 1.54) is 4.90 Å². The van der Waals surface area contributed by atoms with Crippen molar-refractivity contribution in [3.63, 3.8) is 0 Å². The molecule has 0 atom stereocenters. The summed E-state index contributed by atoms with van der Waals surface area (Å²) in [6, 6.07) is 0. The molecule has 5 nitrogen and oxygen atoms in total. The highest BCUT2D eigenvalue weighted by Gasteiger charge is 2.05. The van der Waals surface area contributed by atoms with Crippen molar-refractivity contribution >= 4 is 10.1 Å². The molecule has 0 fully saturated rings. The van der Waals surface area contributed by atoms with E-state index in [-0.39, 0.29) is 19.0 Å². The normalized spacial score (nSPS) is 12.4. The van der Waals surface area contributed by atoms with Crippen LogP contribution in [0.4, 0.5) is 0 Å². The molecule has 0 aromatic rings. The Hall–Kier alpha value is -0.170. The van der Waals surface area contributed by atoms with Crippen LogP contribution >= 0.6 is 0 Å². The van der Waals surface area contributed by atoms with Crippen LogP contribution in [-0.4, -0.2) is 49.1 Å². The Balaban J connectivity index is 3.56. The van der Waals surface area contributed by atoms with Gasteiger partial charge in [0.05, 0.1) is 12.5 Å². The molecule has 10 heavy (non-hydrogen) atoms. The van der Waals surface area contributed by atoms with Crippen LogP contribution in [-0.2, 0) is 10.1 Å². The number of nitrogens with zero attached hydrogens (tertiary/aromatic N) is 1. The summed E-state index contributed by atoms with van der Waals surface area (Å²) in [5.74, 6) is -0.343. The predicted molar refractivity (Wildman–Crippen MR) is 36.1 cm³/mol. The number of hydrogen-bond acceptors (Lipinski definition) is 4. The molecular formula is C4H11NO4S. The first-order valence-electron chi connectivity index (χ1n) is 2.70. The van der Waals surface area contributed by atoms with E-state index in [9.17, 15) is 8.42 Å². The van der Waals surface area contributed by atoms with Crippen LogP contribution in [0.25, 0.3) is 0 Å². The Morgan fingerprint density at radius 2 is 2.00 bits per heavy atom. The van der Waals surface area contributed by atoms with Crippen LogP contribution in [0.15, 0.2) is 0 Å². The lowest BCUT2D eigenvalue weighted by atomic mass is 10.7. The first kappa shape index (κ1) is 9.83. The molecule has 0 aromatic heterocycles. The van der Waals surface area contributed by atoms with Crippen LogP contribution in [0, 0.1) is 0 Å². The van der Waals surface area contributed by atoms with E-state index in [1.807, 2.05) is 0 Å². The van der Waals surface area contributed by atoms with Gasteiger partial charge in [-0.2, -0.15) is 8.42 Å². The highest BCUT2D eigenvalue weighted by molar-refractivity contribution is 7.85. The molecule has 0 radical (unpaired) electrons. The summed E-state index contributed by atoms with van der Waals surface area (Å²) in [6.07, 6.45) is 0. The van der Waals surface area contributed by atoms with Gasteiger partial charge in [0, 0.05) is 6.54 Å². The van der Waals surface area contributed by atoms with Crippen molar-refractivity contribution in [2.45, 2.75) is 0 Å². The Labute approximate surface area is 60.0 Å². The fraction of sp³-hybridized carbons (Fsp3) is 1.00. The van der Waals surface area contributed by atoms with Gasteiger partial charge in [-0.05, 0) is 7.05 Å². The maximum absolute atomic E-state index is 10.1. The summed E-state index contributed by atoms with van der Waals surface area (Å²) in [5.41, 5.74) is 0. The summed E-state index contributed by atoms with van der Waals surface area (Å²) < 4.78 is 28.4. The molecule has 2 N–H and O–H groups in total. The maximum atomic E-state index is 10.1. The van der Waals surface area contributed by atoms with Crippen LogP contribution in [0.2, 0.25) is 0 Å². The van der Waals surface area contributed by atoms with Gasteiger partial charge in [0.15, 0.2) is 0 Å². The fourth-order valence-corrected chi connectivity index (χ4v) is 0.884. The highest BCUT2D eigenvalue weighted by atomic mass is 32.2. The molecule has 6 heteroatoms. The van der Waals surface area contributed by atoms with Crippen molar-refractivity contribution in [2.75, 3.05) is 26.1 Å². The summed E-state index contributed by atoms with van der Waals surface area (Å²) in [4.78, 5) is 1.37. The van der Waals surface area contributed by atoms with E-state index >= 15 is 0 Å². The van der Waals surface area contributed by atoms with Crippen LogP contribution in [0.5, 0.6) is 0 Å². The minimum Gasteiger partial charge on any atom is -0.381 e. The average Bonchev–Trinajstić information content (AvgIpc) is 1.81. The molecule has 0 unspecified atom stereocenters. The minimum absolute atomic E-state index is 0.134. The van der Waals surface area contributed by atoms with E-state index < -0.39 is 10.1 Å². The Morgan fingerprint density at radius 3 is 2.30 bits per heavy atom. The van der Waals surface area contributed by atoms with E-state index in [4.69, 9.17) is 9.66 Å². The predicted octanol–water partition coefficient (Wildman–Crippen LogP) is -1.24. The Bertz CT molecular complexity index is 176. The summed E-state index contributed by atoms with van der Waals surface area (Å²) in [5, 5.41) is 8.38. The third-order valence-corrected chi connectivity index (χ3v) is 1.67. The molecule has 0 spiro atoms. The van der Waals surface area contributed by atoms with Gasteiger partial charge >= 0.3 is 0 Å². The van der Waals surface area contributed by atoms with E-state index in [0.717, 1.165) is 0 Å². The largest absolute Gasteiger partial charge is 0.381 e. The number of hydrogen-bond donors (Lipinski definition) is 2. The van der Waals surface area contributed by atoms with Gasteiger partial charge in [0.1, 0.15) is 0 Å². The molecular weight excluding hydrogens is 158 g/mol. The van der Waals surface area contributed by atoms with Crippen LogP contribution in [0.1, 0.15) is 0 Å². The second-order valence-electron chi connectivity index (χ2n) is 2.01. The van der Waals surface area contributed by atoms with E-state index in [1.54, 1.807) is 7.05 Å². The van der Waals surface area contributed by atoms with Crippen molar-refractivity contribution in [1.29, 1.82) is 0 Å². The SMILES string of the molecule is CN(CO)CCS(=O)(=O)O. The minimum atomic E-state index is -3.88. The molecule has 0 saturated carbocycles. The molecule has 0 bridgehead atoms. The summed E-state index contributed by atoms with van der Waals surface area (Å²) in [6.45, 7) is -0.0785. The lowest BCUT2D eigenvalue weighted by Gasteiger charge is -2.10. The zero-order valence-electron chi connectivity index (χ0n) is 5.69. The van der Waals surface area contributed by atoms with E-state index in [0.29, 0.717) is 0 Å². The topological polar surface area (TPSA) is 77.8 Å². The van der Waals surface area contributed by atoms with Crippen molar-refractivity contribution in [3.8, 4) is 0 Å². The molecule has 0 aliphatic rings. The number of aliphatic hydroxyl groups excluding tert-OH is 1. The Kier molecular flexibility index (Phi) is 3.80. The van der Waals surface area contributed by atoms with Gasteiger partial charge in [-0.1, -0.05) is 0 Å². The van der Waals surface area contributed by atoms with Crippen LogP contribution < -0.4 is 0 Å². The van der Waals surface area contributed by atoms with Gasteiger partial charge in [-0.3, -0.25) is 9.45 Å². The molecule has 0 heterocycles. The zero-order valence-corrected chi connectivity index (χ0v) is 6.50. The van der Waals surface area contributed by atoms with Crippen molar-refractivity contribution in [2.24, 2.45) is 0 Å². The van der Waals surface area contributed by atoms with Crippen molar-refractivity contribution in [3.05, 3.63) is 0 Å². The molecule has 0 amide bonds. The van der Waals surface area contributed by atoms with Gasteiger partial charge in [-0.25, -0.2) is 0 Å². The fourth-order valence-electron chi connectivity index (χ4n) is 0.342. The average molecular weight is 169 g/mol. The second kappa shape index (κ2) is 3.87. The van der Waals surface area contributed by atoms with Crippen LogP contribution in [0.3, 0.4) is 0 Å². The molecule has 0 rings (SSSR count). The summed E-state index contributed by atoms with van der Waals surface area (Å²) in [7, 11) is -2.34. The quantitative estimate of drug-likeness (QED) is 0.406. The third kappa shape index (κ3) is 5.96. The maximum Gasteiger partial charge on any atom is 0.266 e. The van der Waals surface area contributed by atoms with Gasteiger partial charge in [0.2, 0.25) is 0 Å². The Morgan fingerprint density at radius 1 is 1.50 bits per heavy atom. The van der Waals surface area contributed by atoms with Gasteiger partial charge in [0.25, 0.3) is 10.1 Å². The number of aliphatic hydroxyl groups is 1. The zero-order chi connectivity index (χ0) is 8.20. The lowest BCUT2D eigenvalue weighted by Crippen LogP contribution is -2.26. The van der Waals surface area contributed by atoms with E-state index in [2.05, 4.69) is 0 Å². The lowest BCUT2D eigenvalue weighted by molar-refractivity contribution is 0.138. The van der Waals surface area contributed by atoms with Crippen molar-refractivity contribution < 1.29 is 18.1 Å². The molecule has 0 aromatic carbocycles. The third-order valence-electron chi connectivity index (χ3n) is 0.972. The van der Waals surface area contributed by atoms with Crippen molar-refractivity contribution in [1.82, 2.24) is 4.90 Å². The standard InChI is InChI=1S/C4H11NO4S/c1-5(4-6)2-3-10(7,8)9/h6H,2-4H2,1H3,(H,7,8,9). The summed E-state index contributed by atoms with van der Waals surface area (Å²) >= 11 is 0. The smallest absolute Gasteiger partial charge is 0.266 e.